The summed E-state index contributed by atoms with van der Waals surface area (Å²) >= 11 is 2.28. The summed E-state index contributed by atoms with van der Waals surface area (Å²) in [5.74, 6) is -0.331. The molecule has 7 heteroatoms. The monoisotopic (exact) mass is 470 g/mol. The van der Waals surface area contributed by atoms with Gasteiger partial charge in [-0.25, -0.2) is 4.98 Å². The number of aromatic nitrogens is 2. The number of phenolic OH excluding ortho intramolecular Hbond substituents is 2. The highest BCUT2D eigenvalue weighted by atomic mass is 127. The maximum Gasteiger partial charge on any atom is 0.158 e. The number of pyridine rings is 1. The first-order valence-electron chi connectivity index (χ1n) is 8.14. The molecule has 0 amide bonds. The Morgan fingerprint density at radius 1 is 0.963 bits per heavy atom. The number of benzene rings is 2. The highest BCUT2D eigenvalue weighted by Crippen LogP contribution is 2.24. The molecule has 0 aliphatic heterocycles. The third-order valence-electron chi connectivity index (χ3n) is 4.00. The Hall–Kier alpha value is -3.07. The predicted molar refractivity (Wildman–Crippen MR) is 114 cm³/mol. The van der Waals surface area contributed by atoms with E-state index >= 15 is 0 Å². The Bertz CT molecular complexity index is 1140. The number of hydrogen-bond donors (Lipinski definition) is 3. The molecule has 134 valence electrons. The quantitative estimate of drug-likeness (QED) is 0.178. The standard InChI is InChI=1S/C20H15IN4O2/c21-15-4-8-20-23-17(12-25(20)11-15)14-2-5-16(6-3-14)24-22-10-13-1-7-18(26)19(27)9-13/h1-12,24,26-27H/b22-10+. The second-order valence-corrected chi connectivity index (χ2v) is 7.18. The van der Waals surface area contributed by atoms with Gasteiger partial charge in [-0.1, -0.05) is 12.1 Å². The largest absolute Gasteiger partial charge is 0.504 e. The topological polar surface area (TPSA) is 82.2 Å². The first-order chi connectivity index (χ1) is 13.1. The van der Waals surface area contributed by atoms with E-state index in [1.54, 1.807) is 12.3 Å². The van der Waals surface area contributed by atoms with Gasteiger partial charge in [0, 0.05) is 21.5 Å². The number of hydrazone groups is 1. The van der Waals surface area contributed by atoms with Crippen LogP contribution in [0.3, 0.4) is 0 Å². The van der Waals surface area contributed by atoms with Crippen LogP contribution in [0.2, 0.25) is 0 Å². The normalized spacial score (nSPS) is 11.3. The van der Waals surface area contributed by atoms with Gasteiger partial charge in [0.1, 0.15) is 5.65 Å². The van der Waals surface area contributed by atoms with Crippen molar-refractivity contribution in [3.8, 4) is 22.8 Å². The van der Waals surface area contributed by atoms with Crippen LogP contribution in [0.15, 0.2) is 72.1 Å². The molecule has 0 fully saturated rings. The number of nitrogens with zero attached hydrogens (tertiary/aromatic N) is 3. The molecule has 6 nitrogen and oxygen atoms in total. The Labute approximate surface area is 169 Å². The molecule has 27 heavy (non-hydrogen) atoms. The summed E-state index contributed by atoms with van der Waals surface area (Å²) in [5.41, 5.74) is 7.28. The molecule has 0 aliphatic carbocycles. The predicted octanol–water partition coefficient (Wildman–Crippen LogP) is 4.46. The molecular formula is C20H15IN4O2. The van der Waals surface area contributed by atoms with Crippen LogP contribution in [0.5, 0.6) is 11.5 Å². The summed E-state index contributed by atoms with van der Waals surface area (Å²) in [6.45, 7) is 0. The molecule has 0 radical (unpaired) electrons. The zero-order valence-electron chi connectivity index (χ0n) is 14.0. The van der Waals surface area contributed by atoms with Gasteiger partial charge < -0.3 is 14.6 Å². The number of imidazole rings is 1. The maximum absolute atomic E-state index is 9.48. The molecule has 4 rings (SSSR count). The highest BCUT2D eigenvalue weighted by molar-refractivity contribution is 14.1. The molecular weight excluding hydrogens is 455 g/mol. The van der Waals surface area contributed by atoms with Gasteiger partial charge in [0.15, 0.2) is 11.5 Å². The summed E-state index contributed by atoms with van der Waals surface area (Å²) in [6.07, 6.45) is 5.62. The fraction of sp³-hybridized carbons (Fsp3) is 0. The van der Waals surface area contributed by atoms with Crippen LogP contribution in [0.4, 0.5) is 5.69 Å². The van der Waals surface area contributed by atoms with E-state index in [0.29, 0.717) is 5.56 Å². The van der Waals surface area contributed by atoms with Crippen molar-refractivity contribution in [2.24, 2.45) is 5.10 Å². The molecule has 0 bridgehead atoms. The number of rotatable bonds is 4. The molecule has 0 atom stereocenters. The smallest absolute Gasteiger partial charge is 0.158 e. The van der Waals surface area contributed by atoms with Crippen molar-refractivity contribution in [2.45, 2.75) is 0 Å². The van der Waals surface area contributed by atoms with E-state index in [2.05, 4.69) is 38.1 Å². The van der Waals surface area contributed by atoms with Crippen molar-refractivity contribution in [3.63, 3.8) is 0 Å². The van der Waals surface area contributed by atoms with Crippen LogP contribution in [-0.2, 0) is 0 Å². The van der Waals surface area contributed by atoms with E-state index in [1.807, 2.05) is 53.2 Å². The van der Waals surface area contributed by atoms with Gasteiger partial charge in [0.05, 0.1) is 17.6 Å². The third-order valence-corrected chi connectivity index (χ3v) is 4.64. The molecule has 0 spiro atoms. The second-order valence-electron chi connectivity index (χ2n) is 5.93. The maximum atomic E-state index is 9.48. The minimum absolute atomic E-state index is 0.155. The van der Waals surface area contributed by atoms with Gasteiger partial charge in [-0.3, -0.25) is 5.43 Å². The van der Waals surface area contributed by atoms with Gasteiger partial charge >= 0.3 is 0 Å². The number of hydrogen-bond acceptors (Lipinski definition) is 5. The van der Waals surface area contributed by atoms with Crippen molar-refractivity contribution in [3.05, 3.63) is 76.1 Å². The lowest BCUT2D eigenvalue weighted by molar-refractivity contribution is 0.403. The summed E-state index contributed by atoms with van der Waals surface area (Å²) in [4.78, 5) is 4.64. The van der Waals surface area contributed by atoms with Gasteiger partial charge in [-0.2, -0.15) is 5.10 Å². The summed E-state index contributed by atoms with van der Waals surface area (Å²) < 4.78 is 3.17. The summed E-state index contributed by atoms with van der Waals surface area (Å²) in [6, 6.07) is 16.4. The lowest BCUT2D eigenvalue weighted by atomic mass is 10.1. The number of nitrogens with one attached hydrogen (secondary N) is 1. The molecule has 4 aromatic rings. The summed E-state index contributed by atoms with van der Waals surface area (Å²) in [7, 11) is 0. The molecule has 0 saturated heterocycles. The molecule has 2 aromatic heterocycles. The molecule has 3 N–H and O–H groups in total. The first kappa shape index (κ1) is 17.3. The zero-order chi connectivity index (χ0) is 18.8. The average Bonchev–Trinajstić information content (AvgIpc) is 3.08. The lowest BCUT2D eigenvalue weighted by Crippen LogP contribution is -1.90. The van der Waals surface area contributed by atoms with Crippen molar-refractivity contribution >= 4 is 40.1 Å². The lowest BCUT2D eigenvalue weighted by Gasteiger charge is -2.02. The SMILES string of the molecule is Oc1ccc(/C=N/Nc2ccc(-c3cn4cc(I)ccc4n3)cc2)cc1O. The van der Waals surface area contributed by atoms with E-state index < -0.39 is 0 Å². The van der Waals surface area contributed by atoms with Gasteiger partial charge in [0.25, 0.3) is 0 Å². The van der Waals surface area contributed by atoms with E-state index in [0.717, 1.165) is 26.2 Å². The number of aromatic hydroxyl groups is 2. The van der Waals surface area contributed by atoms with Crippen LogP contribution in [0.25, 0.3) is 16.9 Å². The van der Waals surface area contributed by atoms with Crippen molar-refractivity contribution in [2.75, 3.05) is 5.43 Å². The van der Waals surface area contributed by atoms with Crippen molar-refractivity contribution in [1.82, 2.24) is 9.38 Å². The van der Waals surface area contributed by atoms with Crippen LogP contribution in [-0.4, -0.2) is 25.8 Å². The summed E-state index contributed by atoms with van der Waals surface area (Å²) in [5, 5.41) is 22.9. The van der Waals surface area contributed by atoms with Crippen LogP contribution >= 0.6 is 22.6 Å². The molecule has 2 heterocycles. The van der Waals surface area contributed by atoms with Gasteiger partial charge in [0.2, 0.25) is 0 Å². The average molecular weight is 470 g/mol. The van der Waals surface area contributed by atoms with E-state index in [-0.39, 0.29) is 11.5 Å². The molecule has 0 aliphatic rings. The molecule has 0 unspecified atom stereocenters. The molecule has 0 saturated carbocycles. The van der Waals surface area contributed by atoms with Crippen molar-refractivity contribution in [1.29, 1.82) is 0 Å². The minimum atomic E-state index is -0.176. The van der Waals surface area contributed by atoms with E-state index in [9.17, 15) is 10.2 Å². The van der Waals surface area contributed by atoms with E-state index in [1.165, 1.54) is 12.1 Å². The third kappa shape index (κ3) is 3.87. The highest BCUT2D eigenvalue weighted by Gasteiger charge is 2.05. The fourth-order valence-electron chi connectivity index (χ4n) is 2.62. The Balaban J connectivity index is 1.48. The Kier molecular flexibility index (Phi) is 4.68. The number of anilines is 1. The molecule has 2 aromatic carbocycles. The van der Waals surface area contributed by atoms with Gasteiger partial charge in [-0.15, -0.1) is 0 Å². The van der Waals surface area contributed by atoms with Crippen LogP contribution in [0, 0.1) is 3.57 Å². The Morgan fingerprint density at radius 3 is 2.56 bits per heavy atom. The first-order valence-corrected chi connectivity index (χ1v) is 9.22. The number of halogens is 1. The van der Waals surface area contributed by atoms with Crippen LogP contribution < -0.4 is 5.43 Å². The van der Waals surface area contributed by atoms with Gasteiger partial charge in [-0.05, 0) is 70.6 Å². The zero-order valence-corrected chi connectivity index (χ0v) is 16.2. The minimum Gasteiger partial charge on any atom is -0.504 e. The fourth-order valence-corrected chi connectivity index (χ4v) is 3.10. The number of fused-ring (bicyclic) bond motifs is 1. The number of phenols is 2. The van der Waals surface area contributed by atoms with Crippen LogP contribution in [0.1, 0.15) is 5.56 Å². The van der Waals surface area contributed by atoms with E-state index in [4.69, 9.17) is 0 Å². The Morgan fingerprint density at radius 2 is 1.78 bits per heavy atom. The second kappa shape index (κ2) is 7.28. The van der Waals surface area contributed by atoms with Crippen molar-refractivity contribution < 1.29 is 10.2 Å².